The molecule has 6 nitrogen and oxygen atoms in total. The van der Waals surface area contributed by atoms with Crippen LogP contribution in [0.5, 0.6) is 0 Å². The quantitative estimate of drug-likeness (QED) is 0.807. The first-order valence-electron chi connectivity index (χ1n) is 7.52. The van der Waals surface area contributed by atoms with Crippen LogP contribution >= 0.6 is 11.6 Å². The fourth-order valence-corrected chi connectivity index (χ4v) is 4.04. The van der Waals surface area contributed by atoms with Gasteiger partial charge in [0.1, 0.15) is 11.5 Å². The van der Waals surface area contributed by atoms with E-state index in [1.807, 2.05) is 0 Å². The van der Waals surface area contributed by atoms with E-state index in [0.29, 0.717) is 24.4 Å². The van der Waals surface area contributed by atoms with Gasteiger partial charge in [0.25, 0.3) is 10.0 Å². The molecule has 144 valence electrons. The van der Waals surface area contributed by atoms with Crippen LogP contribution in [0.15, 0.2) is 47.4 Å². The van der Waals surface area contributed by atoms with Gasteiger partial charge in [-0.05, 0) is 36.4 Å². The van der Waals surface area contributed by atoms with Gasteiger partial charge < -0.3 is 4.74 Å². The van der Waals surface area contributed by atoms with Crippen LogP contribution in [-0.4, -0.2) is 27.7 Å². The molecule has 0 aliphatic carbocycles. The lowest BCUT2D eigenvalue weighted by atomic mass is 10.2. The summed E-state index contributed by atoms with van der Waals surface area (Å²) in [5, 5.41) is -0.352. The lowest BCUT2D eigenvalue weighted by molar-refractivity contribution is -0.137. The molecule has 1 saturated heterocycles. The van der Waals surface area contributed by atoms with Crippen LogP contribution in [-0.2, 0) is 20.9 Å². The molecule has 1 heterocycles. The van der Waals surface area contributed by atoms with Crippen LogP contribution in [0.3, 0.4) is 0 Å². The molecule has 0 aromatic heterocycles. The summed E-state index contributed by atoms with van der Waals surface area (Å²) in [5.74, 6) is 0. The van der Waals surface area contributed by atoms with Gasteiger partial charge in [-0.2, -0.15) is 13.2 Å². The van der Waals surface area contributed by atoms with Gasteiger partial charge in [0.2, 0.25) is 0 Å². The highest BCUT2D eigenvalue weighted by Crippen LogP contribution is 2.34. The van der Waals surface area contributed by atoms with Gasteiger partial charge in [-0.15, -0.1) is 0 Å². The second kappa shape index (κ2) is 6.93. The van der Waals surface area contributed by atoms with Gasteiger partial charge in [0, 0.05) is 5.69 Å². The van der Waals surface area contributed by atoms with E-state index in [0.717, 1.165) is 6.07 Å². The van der Waals surface area contributed by atoms with Crippen molar-refractivity contribution in [2.24, 2.45) is 0 Å². The number of nitrogens with zero attached hydrogens (tertiary/aromatic N) is 1. The first kappa shape index (κ1) is 19.3. The van der Waals surface area contributed by atoms with Crippen LogP contribution < -0.4 is 9.62 Å². The van der Waals surface area contributed by atoms with Crippen molar-refractivity contribution >= 4 is 39.1 Å². The molecule has 2 aromatic carbocycles. The van der Waals surface area contributed by atoms with Crippen LogP contribution in [0, 0.1) is 0 Å². The number of hydrogen-bond acceptors (Lipinski definition) is 4. The SMILES string of the molecule is O=C1OCCN1c1cccc(NS(=O)(=O)c2cc(C(F)(F)F)ccc2Cl)c1. The summed E-state index contributed by atoms with van der Waals surface area (Å²) in [6.07, 6.45) is -5.29. The monoisotopic (exact) mass is 420 g/mol. The highest BCUT2D eigenvalue weighted by molar-refractivity contribution is 7.92. The molecule has 1 amide bonds. The minimum absolute atomic E-state index is 0.0562. The molecule has 11 heteroatoms. The van der Waals surface area contributed by atoms with Crippen LogP contribution in [0.4, 0.5) is 29.3 Å². The Labute approximate surface area is 157 Å². The molecule has 0 saturated carbocycles. The van der Waals surface area contributed by atoms with E-state index in [1.54, 1.807) is 6.07 Å². The van der Waals surface area contributed by atoms with E-state index in [1.165, 1.54) is 23.1 Å². The zero-order valence-electron chi connectivity index (χ0n) is 13.5. The minimum atomic E-state index is -4.72. The summed E-state index contributed by atoms with van der Waals surface area (Å²) >= 11 is 5.80. The number of cyclic esters (lactones) is 1. The normalized spacial score (nSPS) is 15.0. The standard InChI is InChI=1S/C16H12ClF3N2O4S/c17-13-5-4-10(16(18,19)20)8-14(13)27(24,25)21-11-2-1-3-12(9-11)22-6-7-26-15(22)23/h1-5,8-9,21H,6-7H2. The predicted molar refractivity (Wildman–Crippen MR) is 92.4 cm³/mol. The van der Waals surface area contributed by atoms with Crippen LogP contribution in [0.1, 0.15) is 5.56 Å². The molecule has 1 aliphatic heterocycles. The average Bonchev–Trinajstić information content (AvgIpc) is 3.00. The molecule has 1 N–H and O–H groups in total. The van der Waals surface area contributed by atoms with Crippen molar-refractivity contribution in [3.8, 4) is 0 Å². The third-order valence-electron chi connectivity index (χ3n) is 3.72. The van der Waals surface area contributed by atoms with Crippen molar-refractivity contribution in [2.75, 3.05) is 22.8 Å². The molecule has 0 atom stereocenters. The van der Waals surface area contributed by atoms with Crippen molar-refractivity contribution in [1.82, 2.24) is 0 Å². The summed E-state index contributed by atoms with van der Waals surface area (Å²) in [7, 11) is -4.40. The molecule has 0 bridgehead atoms. The van der Waals surface area contributed by atoms with Gasteiger partial charge in [0.15, 0.2) is 0 Å². The first-order valence-corrected chi connectivity index (χ1v) is 9.38. The van der Waals surface area contributed by atoms with E-state index in [9.17, 15) is 26.4 Å². The average molecular weight is 421 g/mol. The first-order chi connectivity index (χ1) is 12.6. The Kier molecular flexibility index (Phi) is 4.96. The number of halogens is 4. The molecule has 0 radical (unpaired) electrons. The smallest absolute Gasteiger partial charge is 0.416 e. The van der Waals surface area contributed by atoms with Crippen molar-refractivity contribution < 1.29 is 31.1 Å². The van der Waals surface area contributed by atoms with E-state index in [-0.39, 0.29) is 17.3 Å². The molecular formula is C16H12ClF3N2O4S. The van der Waals surface area contributed by atoms with Gasteiger partial charge in [-0.3, -0.25) is 9.62 Å². The number of carbonyl (C=O) groups excluding carboxylic acids is 1. The number of nitrogens with one attached hydrogen (secondary N) is 1. The maximum Gasteiger partial charge on any atom is 0.416 e. The Bertz CT molecular complexity index is 995. The van der Waals surface area contributed by atoms with E-state index in [2.05, 4.69) is 4.72 Å². The van der Waals surface area contributed by atoms with Gasteiger partial charge in [0.05, 0.1) is 22.8 Å². The van der Waals surface area contributed by atoms with Gasteiger partial charge >= 0.3 is 12.3 Å². The zero-order chi connectivity index (χ0) is 19.8. The fourth-order valence-electron chi connectivity index (χ4n) is 2.46. The zero-order valence-corrected chi connectivity index (χ0v) is 15.0. The number of hydrogen-bond donors (Lipinski definition) is 1. The number of ether oxygens (including phenoxy) is 1. The van der Waals surface area contributed by atoms with Crippen molar-refractivity contribution in [3.63, 3.8) is 0 Å². The van der Waals surface area contributed by atoms with Gasteiger partial charge in [-0.1, -0.05) is 17.7 Å². The molecule has 0 unspecified atom stereocenters. The van der Waals surface area contributed by atoms with E-state index < -0.39 is 32.8 Å². The number of anilines is 2. The predicted octanol–water partition coefficient (Wildman–Crippen LogP) is 4.12. The number of amides is 1. The maximum atomic E-state index is 12.9. The molecule has 1 fully saturated rings. The fraction of sp³-hybridized carbons (Fsp3) is 0.188. The number of alkyl halides is 3. The maximum absolute atomic E-state index is 12.9. The van der Waals surface area contributed by atoms with E-state index in [4.69, 9.17) is 16.3 Å². The Morgan fingerprint density at radius 3 is 2.52 bits per heavy atom. The number of sulfonamides is 1. The minimum Gasteiger partial charge on any atom is -0.447 e. The molecule has 27 heavy (non-hydrogen) atoms. The molecule has 3 rings (SSSR count). The molecule has 2 aromatic rings. The van der Waals surface area contributed by atoms with E-state index >= 15 is 0 Å². The Balaban J connectivity index is 1.93. The second-order valence-corrected chi connectivity index (χ2v) is 7.62. The van der Waals surface area contributed by atoms with Crippen molar-refractivity contribution in [2.45, 2.75) is 11.1 Å². The molecular weight excluding hydrogens is 409 g/mol. The third kappa shape index (κ3) is 4.11. The summed E-state index contributed by atoms with van der Waals surface area (Å²) in [6.45, 7) is 0.503. The Morgan fingerprint density at radius 2 is 1.89 bits per heavy atom. The van der Waals surface area contributed by atoms with Crippen LogP contribution in [0.25, 0.3) is 0 Å². The molecule has 0 spiro atoms. The third-order valence-corrected chi connectivity index (χ3v) is 5.58. The van der Waals surface area contributed by atoms with Crippen molar-refractivity contribution in [1.29, 1.82) is 0 Å². The highest BCUT2D eigenvalue weighted by atomic mass is 35.5. The summed E-state index contributed by atoms with van der Waals surface area (Å²) in [4.78, 5) is 12.2. The van der Waals surface area contributed by atoms with Crippen LogP contribution in [0.2, 0.25) is 5.02 Å². The lowest BCUT2D eigenvalue weighted by Crippen LogP contribution is -2.23. The number of carbonyl (C=O) groups is 1. The summed E-state index contributed by atoms with van der Waals surface area (Å²) < 4.78 is 70.7. The summed E-state index contributed by atoms with van der Waals surface area (Å²) in [5.41, 5.74) is -0.700. The summed E-state index contributed by atoms with van der Waals surface area (Å²) in [6, 6.07) is 7.85. The Hall–Kier alpha value is -2.46. The highest BCUT2D eigenvalue weighted by Gasteiger charge is 2.33. The number of rotatable bonds is 4. The second-order valence-electron chi connectivity index (χ2n) is 5.56. The largest absolute Gasteiger partial charge is 0.447 e. The van der Waals surface area contributed by atoms with Gasteiger partial charge in [-0.25, -0.2) is 13.2 Å². The Morgan fingerprint density at radius 1 is 1.15 bits per heavy atom. The number of benzene rings is 2. The van der Waals surface area contributed by atoms with Crippen molar-refractivity contribution in [3.05, 3.63) is 53.1 Å². The molecule has 1 aliphatic rings. The topological polar surface area (TPSA) is 75.7 Å². The lowest BCUT2D eigenvalue weighted by Gasteiger charge is -2.15.